The molecule has 3 heterocycles. The molecule has 4 rings (SSSR count). The number of benzene rings is 1. The summed E-state index contributed by atoms with van der Waals surface area (Å²) in [7, 11) is 0. The van der Waals surface area contributed by atoms with Gasteiger partial charge in [-0.1, -0.05) is 17.3 Å². The third kappa shape index (κ3) is 9.74. The Bertz CT molecular complexity index is 1380. The molecule has 2 amide bonds. The molecule has 1 aliphatic heterocycles. The Labute approximate surface area is 233 Å². The molecule has 3 aromatic rings. The van der Waals surface area contributed by atoms with Gasteiger partial charge in [0.05, 0.1) is 6.20 Å². The summed E-state index contributed by atoms with van der Waals surface area (Å²) in [5.74, 6) is -0.710. The molecule has 1 aromatic carbocycles. The molecule has 0 atom stereocenters. The van der Waals surface area contributed by atoms with E-state index in [2.05, 4.69) is 25.7 Å². The van der Waals surface area contributed by atoms with Crippen LogP contribution in [0.4, 0.5) is 18.9 Å². The Morgan fingerprint density at radius 1 is 1.10 bits per heavy atom. The predicted octanol–water partition coefficient (Wildman–Crippen LogP) is 3.50. The number of aromatic nitrogens is 4. The summed E-state index contributed by atoms with van der Waals surface area (Å²) in [5, 5.41) is 13.2. The Kier molecular flexibility index (Phi) is 10.1. The molecule has 0 saturated carbocycles. The molecule has 11 nitrogen and oxygen atoms in total. The van der Waals surface area contributed by atoms with Gasteiger partial charge >= 0.3 is 6.36 Å². The number of hydrogen-bond donors (Lipinski definition) is 2. The number of anilines is 1. The maximum Gasteiger partial charge on any atom is 0.573 e. The van der Waals surface area contributed by atoms with E-state index in [1.165, 1.54) is 35.1 Å². The molecular formula is C27H31F3N6O5. The zero-order valence-corrected chi connectivity index (χ0v) is 22.2. The van der Waals surface area contributed by atoms with E-state index in [0.29, 0.717) is 62.7 Å². The summed E-state index contributed by atoms with van der Waals surface area (Å²) in [6, 6.07) is 8.42. The van der Waals surface area contributed by atoms with E-state index in [1.54, 1.807) is 22.9 Å². The topological polar surface area (TPSA) is 129 Å². The van der Waals surface area contributed by atoms with Gasteiger partial charge in [0, 0.05) is 57.2 Å². The van der Waals surface area contributed by atoms with Crippen LogP contribution in [0.3, 0.4) is 0 Å². The predicted molar refractivity (Wildman–Crippen MR) is 141 cm³/mol. The number of alkyl halides is 3. The minimum Gasteiger partial charge on any atom is -0.406 e. The fourth-order valence-corrected chi connectivity index (χ4v) is 4.39. The van der Waals surface area contributed by atoms with E-state index in [9.17, 15) is 27.6 Å². The highest BCUT2D eigenvalue weighted by Gasteiger charge is 2.31. The molecule has 0 aliphatic carbocycles. The van der Waals surface area contributed by atoms with Crippen molar-refractivity contribution in [2.24, 2.45) is 5.92 Å². The molecule has 0 bridgehead atoms. The fraction of sp³-hybridized carbons (Fsp3) is 0.444. The summed E-state index contributed by atoms with van der Waals surface area (Å²) < 4.78 is 49.5. The zero-order chi connectivity index (χ0) is 29.2. The third-order valence-electron chi connectivity index (χ3n) is 6.49. The second-order valence-corrected chi connectivity index (χ2v) is 9.71. The highest BCUT2D eigenvalue weighted by atomic mass is 19.4. The second-order valence-electron chi connectivity index (χ2n) is 9.71. The number of ether oxygens (including phenoxy) is 2. The molecule has 1 saturated heterocycles. The maximum atomic E-state index is 12.5. The van der Waals surface area contributed by atoms with Crippen molar-refractivity contribution in [1.29, 1.82) is 0 Å². The third-order valence-corrected chi connectivity index (χ3v) is 6.49. The fourth-order valence-electron chi connectivity index (χ4n) is 4.39. The van der Waals surface area contributed by atoms with E-state index >= 15 is 0 Å². The molecule has 0 radical (unpaired) electrons. The van der Waals surface area contributed by atoms with Crippen LogP contribution in [0.15, 0.2) is 53.6 Å². The second kappa shape index (κ2) is 13.9. The van der Waals surface area contributed by atoms with Gasteiger partial charge in [-0.2, -0.15) is 0 Å². The number of carbonyl (C=O) groups excluding carboxylic acids is 2. The Morgan fingerprint density at radius 3 is 2.63 bits per heavy atom. The number of amides is 2. The average Bonchev–Trinajstić information content (AvgIpc) is 3.40. The van der Waals surface area contributed by atoms with Crippen molar-refractivity contribution < 1.29 is 32.2 Å². The largest absolute Gasteiger partial charge is 0.573 e. The number of aryl methyl sites for hydroxylation is 2. The zero-order valence-electron chi connectivity index (χ0n) is 22.2. The quantitative estimate of drug-likeness (QED) is 0.316. The van der Waals surface area contributed by atoms with Crippen molar-refractivity contribution in [3.63, 3.8) is 0 Å². The van der Waals surface area contributed by atoms with Crippen molar-refractivity contribution in [2.75, 3.05) is 18.5 Å². The molecule has 1 aliphatic rings. The monoisotopic (exact) mass is 576 g/mol. The number of rotatable bonds is 12. The molecule has 220 valence electrons. The van der Waals surface area contributed by atoms with Crippen LogP contribution >= 0.6 is 0 Å². The Hall–Kier alpha value is -4.20. The summed E-state index contributed by atoms with van der Waals surface area (Å²) in [5.41, 5.74) is 0.745. The van der Waals surface area contributed by atoms with E-state index in [4.69, 9.17) is 4.74 Å². The van der Waals surface area contributed by atoms with Crippen LogP contribution in [0, 0.1) is 5.92 Å². The molecule has 0 spiro atoms. The van der Waals surface area contributed by atoms with Crippen LogP contribution in [-0.2, 0) is 29.2 Å². The van der Waals surface area contributed by atoms with Gasteiger partial charge in [-0.05, 0) is 55.4 Å². The van der Waals surface area contributed by atoms with Gasteiger partial charge in [0.2, 0.25) is 5.91 Å². The normalized spacial score (nSPS) is 14.0. The van der Waals surface area contributed by atoms with Crippen molar-refractivity contribution in [2.45, 2.75) is 58.1 Å². The van der Waals surface area contributed by atoms with E-state index < -0.39 is 12.3 Å². The molecule has 0 unspecified atom stereocenters. The van der Waals surface area contributed by atoms with Gasteiger partial charge in [-0.15, -0.1) is 18.3 Å². The van der Waals surface area contributed by atoms with Gasteiger partial charge < -0.3 is 24.7 Å². The summed E-state index contributed by atoms with van der Waals surface area (Å²) in [6.07, 6.45) is 1.77. The highest BCUT2D eigenvalue weighted by Crippen LogP contribution is 2.23. The lowest BCUT2D eigenvalue weighted by molar-refractivity contribution is -0.274. The number of unbranched alkanes of at least 4 members (excludes halogenated alkanes) is 1. The molecule has 41 heavy (non-hydrogen) atoms. The number of nitrogens with zero attached hydrogens (tertiary/aromatic N) is 4. The standard InChI is InChI=1S/C27H31F3N6O5/c28-27(29,30)41-22-5-3-4-20(14-22)17-31-26(39)23-18-36(34-33-23)10-2-1-9-35-11-6-21(16-25(35)38)32-24(37)15-19-7-12-40-13-8-19/h3-6,11,14,16,18-19H,1-2,7-10,12-13,15,17H2,(H,31,39)(H,32,37). The maximum absolute atomic E-state index is 12.5. The highest BCUT2D eigenvalue weighted by molar-refractivity contribution is 5.91. The number of halogens is 3. The van der Waals surface area contributed by atoms with Crippen LogP contribution < -0.4 is 20.9 Å². The van der Waals surface area contributed by atoms with Crippen LogP contribution in [0.5, 0.6) is 5.75 Å². The number of pyridine rings is 1. The number of hydrogen-bond acceptors (Lipinski definition) is 7. The summed E-state index contributed by atoms with van der Waals surface area (Å²) >= 11 is 0. The van der Waals surface area contributed by atoms with Gasteiger partial charge in [-0.3, -0.25) is 19.1 Å². The van der Waals surface area contributed by atoms with Gasteiger partial charge in [-0.25, -0.2) is 0 Å². The molecular weight excluding hydrogens is 545 g/mol. The van der Waals surface area contributed by atoms with Crippen molar-refractivity contribution >= 4 is 17.5 Å². The number of carbonyl (C=O) groups is 2. The first-order chi connectivity index (χ1) is 19.6. The van der Waals surface area contributed by atoms with E-state index in [1.807, 2.05) is 0 Å². The molecule has 1 fully saturated rings. The van der Waals surface area contributed by atoms with Crippen molar-refractivity contribution in [3.05, 3.63) is 70.4 Å². The molecule has 2 N–H and O–H groups in total. The Balaban J connectivity index is 1.17. The minimum atomic E-state index is -4.80. The van der Waals surface area contributed by atoms with Crippen LogP contribution in [0.1, 0.15) is 48.2 Å². The SMILES string of the molecule is O=C(CC1CCOCC1)Nc1ccn(CCCCn2cc(C(=O)NCc3cccc(OC(F)(F)F)c3)nn2)c(=O)c1. The van der Waals surface area contributed by atoms with Crippen molar-refractivity contribution in [1.82, 2.24) is 24.9 Å². The first-order valence-electron chi connectivity index (χ1n) is 13.3. The van der Waals surface area contributed by atoms with E-state index in [-0.39, 0.29) is 29.5 Å². The molecule has 2 aromatic heterocycles. The lowest BCUT2D eigenvalue weighted by atomic mass is 9.96. The van der Waals surface area contributed by atoms with Gasteiger partial charge in [0.1, 0.15) is 5.75 Å². The smallest absolute Gasteiger partial charge is 0.406 e. The van der Waals surface area contributed by atoms with E-state index in [0.717, 1.165) is 12.8 Å². The Morgan fingerprint density at radius 2 is 1.88 bits per heavy atom. The van der Waals surface area contributed by atoms with Crippen LogP contribution in [0.25, 0.3) is 0 Å². The minimum absolute atomic E-state index is 0.0199. The first kappa shape index (κ1) is 29.8. The van der Waals surface area contributed by atoms with Crippen LogP contribution in [-0.4, -0.2) is 51.0 Å². The lowest BCUT2D eigenvalue weighted by Gasteiger charge is -2.21. The van der Waals surface area contributed by atoms with Crippen LogP contribution in [0.2, 0.25) is 0 Å². The summed E-state index contributed by atoms with van der Waals surface area (Å²) in [4.78, 5) is 37.1. The van der Waals surface area contributed by atoms with Crippen molar-refractivity contribution in [3.8, 4) is 5.75 Å². The molecule has 14 heteroatoms. The summed E-state index contributed by atoms with van der Waals surface area (Å²) in [6.45, 7) is 2.26. The van der Waals surface area contributed by atoms with Gasteiger partial charge in [0.25, 0.3) is 11.5 Å². The number of nitrogens with one attached hydrogen (secondary N) is 2. The first-order valence-corrected chi connectivity index (χ1v) is 13.3. The average molecular weight is 577 g/mol. The van der Waals surface area contributed by atoms with Gasteiger partial charge in [0.15, 0.2) is 5.69 Å². The lowest BCUT2D eigenvalue weighted by Crippen LogP contribution is -2.24.